The summed E-state index contributed by atoms with van der Waals surface area (Å²) in [7, 11) is 0. The van der Waals surface area contributed by atoms with E-state index in [4.69, 9.17) is 4.74 Å². The van der Waals surface area contributed by atoms with Crippen LogP contribution in [0.5, 0.6) is 0 Å². The van der Waals surface area contributed by atoms with Crippen LogP contribution in [0.1, 0.15) is 26.2 Å². The Kier molecular flexibility index (Phi) is 6.17. The van der Waals surface area contributed by atoms with Crippen molar-refractivity contribution in [1.29, 1.82) is 0 Å². The summed E-state index contributed by atoms with van der Waals surface area (Å²) in [5.41, 5.74) is 0. The lowest BCUT2D eigenvalue weighted by Crippen LogP contribution is -2.34. The molecule has 0 bridgehead atoms. The Morgan fingerprint density at radius 1 is 1.53 bits per heavy atom. The highest BCUT2D eigenvalue weighted by Gasteiger charge is 2.21. The average molecular weight is 217 g/mol. The number of likely N-dealkylation sites (tertiary alicyclic amines) is 1. The number of aliphatic hydroxyl groups excluding tert-OH is 2. The van der Waals surface area contributed by atoms with Crippen LogP contribution in [0.2, 0.25) is 0 Å². The molecule has 90 valence electrons. The van der Waals surface area contributed by atoms with Gasteiger partial charge in [-0.2, -0.15) is 0 Å². The molecule has 1 fully saturated rings. The second kappa shape index (κ2) is 7.17. The largest absolute Gasteiger partial charge is 0.392 e. The number of unbranched alkanes of at least 4 members (excludes halogenated alkanes) is 1. The first-order valence-corrected chi connectivity index (χ1v) is 5.88. The van der Waals surface area contributed by atoms with Crippen molar-refractivity contribution in [3.8, 4) is 0 Å². The number of nitrogens with zero attached hydrogens (tertiary/aromatic N) is 1. The van der Waals surface area contributed by atoms with E-state index < -0.39 is 6.10 Å². The molecule has 0 radical (unpaired) electrons. The maximum absolute atomic E-state index is 9.65. The van der Waals surface area contributed by atoms with Crippen LogP contribution in [0.15, 0.2) is 0 Å². The van der Waals surface area contributed by atoms with E-state index in [1.807, 2.05) is 0 Å². The molecule has 0 aromatic rings. The minimum atomic E-state index is -0.424. The minimum absolute atomic E-state index is 0.210. The third-order valence-electron chi connectivity index (χ3n) is 2.67. The predicted octanol–water partition coefficient (Wildman–Crippen LogP) is 0.231. The topological polar surface area (TPSA) is 52.9 Å². The van der Waals surface area contributed by atoms with E-state index in [9.17, 15) is 10.2 Å². The van der Waals surface area contributed by atoms with Gasteiger partial charge in [0.1, 0.15) is 0 Å². The van der Waals surface area contributed by atoms with E-state index in [-0.39, 0.29) is 6.10 Å². The third kappa shape index (κ3) is 5.47. The van der Waals surface area contributed by atoms with E-state index in [0.29, 0.717) is 19.7 Å². The van der Waals surface area contributed by atoms with Crippen molar-refractivity contribution in [2.45, 2.75) is 38.4 Å². The summed E-state index contributed by atoms with van der Waals surface area (Å²) in [4.78, 5) is 2.08. The second-order valence-electron chi connectivity index (χ2n) is 4.28. The van der Waals surface area contributed by atoms with Gasteiger partial charge in [0.2, 0.25) is 0 Å². The molecule has 0 aliphatic carbocycles. The number of rotatable bonds is 7. The van der Waals surface area contributed by atoms with Crippen LogP contribution in [-0.4, -0.2) is 60.2 Å². The second-order valence-corrected chi connectivity index (χ2v) is 4.28. The average Bonchev–Trinajstić information content (AvgIpc) is 2.59. The highest BCUT2D eigenvalue weighted by Crippen LogP contribution is 2.08. The molecule has 1 heterocycles. The zero-order valence-corrected chi connectivity index (χ0v) is 9.56. The minimum Gasteiger partial charge on any atom is -0.392 e. The predicted molar refractivity (Wildman–Crippen MR) is 58.8 cm³/mol. The zero-order chi connectivity index (χ0) is 11.1. The maximum Gasteiger partial charge on any atom is 0.0900 e. The first kappa shape index (κ1) is 12.9. The molecule has 0 aromatic carbocycles. The standard InChI is InChI=1S/C11H23NO3/c1-2-3-6-15-9-11(14)8-12-5-4-10(13)7-12/h10-11,13-14H,2-9H2,1H3/t10-,11?/m1/s1. The molecule has 0 saturated carbocycles. The first-order valence-electron chi connectivity index (χ1n) is 5.88. The Morgan fingerprint density at radius 3 is 2.93 bits per heavy atom. The Balaban J connectivity index is 2.00. The number of β-amino-alcohol motifs (C(OH)–C–C–N with tert-alkyl or cyclic N) is 2. The van der Waals surface area contributed by atoms with Crippen molar-refractivity contribution in [2.24, 2.45) is 0 Å². The van der Waals surface area contributed by atoms with Crippen molar-refractivity contribution in [3.05, 3.63) is 0 Å². The van der Waals surface area contributed by atoms with Crippen LogP contribution in [-0.2, 0) is 4.74 Å². The smallest absolute Gasteiger partial charge is 0.0900 e. The molecule has 0 spiro atoms. The van der Waals surface area contributed by atoms with Gasteiger partial charge in [0.15, 0.2) is 0 Å². The van der Waals surface area contributed by atoms with Crippen LogP contribution >= 0.6 is 0 Å². The van der Waals surface area contributed by atoms with E-state index in [1.165, 1.54) is 0 Å². The van der Waals surface area contributed by atoms with Crippen LogP contribution < -0.4 is 0 Å². The number of hydrogen-bond donors (Lipinski definition) is 2. The maximum atomic E-state index is 9.65. The molecule has 1 aliphatic heterocycles. The van der Waals surface area contributed by atoms with Gasteiger partial charge < -0.3 is 14.9 Å². The van der Waals surface area contributed by atoms with Crippen molar-refractivity contribution in [1.82, 2.24) is 4.90 Å². The van der Waals surface area contributed by atoms with E-state index in [1.54, 1.807) is 0 Å². The molecular formula is C11H23NO3. The van der Waals surface area contributed by atoms with Crippen LogP contribution in [0.4, 0.5) is 0 Å². The first-order chi connectivity index (χ1) is 7.22. The molecule has 1 rings (SSSR count). The number of hydrogen-bond acceptors (Lipinski definition) is 4. The lowest BCUT2D eigenvalue weighted by atomic mass is 10.3. The van der Waals surface area contributed by atoms with Crippen LogP contribution in [0.3, 0.4) is 0 Å². The van der Waals surface area contributed by atoms with Gasteiger partial charge in [-0.25, -0.2) is 0 Å². The van der Waals surface area contributed by atoms with Crippen molar-refractivity contribution in [3.63, 3.8) is 0 Å². The van der Waals surface area contributed by atoms with Crippen LogP contribution in [0, 0.1) is 0 Å². The molecule has 1 saturated heterocycles. The van der Waals surface area contributed by atoms with Gasteiger partial charge >= 0.3 is 0 Å². The summed E-state index contributed by atoms with van der Waals surface area (Å²) in [6, 6.07) is 0. The lowest BCUT2D eigenvalue weighted by molar-refractivity contribution is 0.0177. The fraction of sp³-hybridized carbons (Fsp3) is 1.00. The Morgan fingerprint density at radius 2 is 2.33 bits per heavy atom. The summed E-state index contributed by atoms with van der Waals surface area (Å²) >= 11 is 0. The third-order valence-corrected chi connectivity index (χ3v) is 2.67. The summed E-state index contributed by atoms with van der Waals surface area (Å²) in [5.74, 6) is 0. The van der Waals surface area contributed by atoms with Crippen molar-refractivity contribution < 1.29 is 14.9 Å². The van der Waals surface area contributed by atoms with Crippen molar-refractivity contribution in [2.75, 3.05) is 32.8 Å². The van der Waals surface area contributed by atoms with Gasteiger partial charge in [0, 0.05) is 26.2 Å². The SMILES string of the molecule is CCCCOCC(O)CN1CC[C@@H](O)C1. The van der Waals surface area contributed by atoms with Gasteiger partial charge in [-0.3, -0.25) is 4.90 Å². The molecule has 4 nitrogen and oxygen atoms in total. The monoisotopic (exact) mass is 217 g/mol. The fourth-order valence-corrected chi connectivity index (χ4v) is 1.79. The van der Waals surface area contributed by atoms with Crippen LogP contribution in [0.25, 0.3) is 0 Å². The highest BCUT2D eigenvalue weighted by molar-refractivity contribution is 4.76. The summed E-state index contributed by atoms with van der Waals surface area (Å²) < 4.78 is 5.33. The molecule has 2 atom stereocenters. The molecule has 1 unspecified atom stereocenters. The molecule has 0 aromatic heterocycles. The quantitative estimate of drug-likeness (QED) is 0.599. The molecule has 2 N–H and O–H groups in total. The Bertz CT molecular complexity index is 166. The van der Waals surface area contributed by atoms with Gasteiger partial charge in [-0.1, -0.05) is 13.3 Å². The van der Waals surface area contributed by atoms with Gasteiger partial charge in [-0.15, -0.1) is 0 Å². The van der Waals surface area contributed by atoms with Gasteiger partial charge in [-0.05, 0) is 12.8 Å². The summed E-state index contributed by atoms with van der Waals surface area (Å²) in [6.07, 6.45) is 2.36. The molecular weight excluding hydrogens is 194 g/mol. The molecule has 0 amide bonds. The lowest BCUT2D eigenvalue weighted by Gasteiger charge is -2.19. The summed E-state index contributed by atoms with van der Waals surface area (Å²) in [6.45, 7) is 5.44. The molecule has 4 heteroatoms. The Hall–Kier alpha value is -0.160. The Labute approximate surface area is 91.8 Å². The fourth-order valence-electron chi connectivity index (χ4n) is 1.79. The number of aliphatic hydroxyl groups is 2. The van der Waals surface area contributed by atoms with Gasteiger partial charge in [0.05, 0.1) is 18.8 Å². The molecule has 15 heavy (non-hydrogen) atoms. The normalized spacial score (nSPS) is 24.6. The molecule has 1 aliphatic rings. The van der Waals surface area contributed by atoms with Crippen molar-refractivity contribution >= 4 is 0 Å². The van der Waals surface area contributed by atoms with E-state index in [0.717, 1.165) is 32.4 Å². The highest BCUT2D eigenvalue weighted by atomic mass is 16.5. The van der Waals surface area contributed by atoms with E-state index in [2.05, 4.69) is 11.8 Å². The zero-order valence-electron chi connectivity index (χ0n) is 9.56. The summed E-state index contributed by atoms with van der Waals surface area (Å²) in [5, 5.41) is 19.0. The number of ether oxygens (including phenoxy) is 1. The van der Waals surface area contributed by atoms with E-state index >= 15 is 0 Å². The van der Waals surface area contributed by atoms with Gasteiger partial charge in [0.25, 0.3) is 0 Å².